The quantitative estimate of drug-likeness (QED) is 0.801. The largest absolute Gasteiger partial charge is 0.488 e. The fraction of sp³-hybridized carbons (Fsp3) is 0.278. The molecular weight excluding hydrogens is 356 g/mol. The van der Waals surface area contributed by atoms with Crippen molar-refractivity contribution in [3.8, 4) is 5.75 Å². The molecule has 2 rings (SSSR count). The van der Waals surface area contributed by atoms with Crippen LogP contribution < -0.4 is 15.8 Å². The first-order chi connectivity index (χ1) is 11.0. The fourth-order valence-corrected chi connectivity index (χ4v) is 2.42. The van der Waals surface area contributed by atoms with E-state index in [0.29, 0.717) is 12.3 Å². The van der Waals surface area contributed by atoms with Crippen LogP contribution in [0.15, 0.2) is 53.0 Å². The first kappa shape index (κ1) is 17.5. The molecular formula is C18H21BrN2O2. The van der Waals surface area contributed by atoms with Gasteiger partial charge in [0.1, 0.15) is 12.4 Å². The van der Waals surface area contributed by atoms with E-state index in [4.69, 9.17) is 10.5 Å². The second-order valence-corrected chi connectivity index (χ2v) is 6.41. The van der Waals surface area contributed by atoms with Crippen molar-refractivity contribution in [2.24, 2.45) is 11.7 Å². The first-order valence-corrected chi connectivity index (χ1v) is 8.29. The predicted octanol–water partition coefficient (Wildman–Crippen LogP) is 3.95. The molecule has 122 valence electrons. The van der Waals surface area contributed by atoms with Gasteiger partial charge in [0.05, 0.1) is 10.4 Å². The van der Waals surface area contributed by atoms with Gasteiger partial charge in [0.25, 0.3) is 0 Å². The predicted molar refractivity (Wildman–Crippen MR) is 96.4 cm³/mol. The number of carbonyl (C=O) groups excluding carboxylic acids is 1. The summed E-state index contributed by atoms with van der Waals surface area (Å²) in [5.74, 6) is 0.389. The minimum absolute atomic E-state index is 0.0927. The van der Waals surface area contributed by atoms with Gasteiger partial charge >= 0.3 is 0 Å². The van der Waals surface area contributed by atoms with Crippen molar-refractivity contribution >= 4 is 27.5 Å². The molecule has 2 aromatic rings. The molecule has 0 aliphatic rings. The monoisotopic (exact) mass is 376 g/mol. The van der Waals surface area contributed by atoms with E-state index >= 15 is 0 Å². The van der Waals surface area contributed by atoms with Gasteiger partial charge < -0.3 is 15.8 Å². The summed E-state index contributed by atoms with van der Waals surface area (Å²) in [6, 6.07) is 15.2. The third-order valence-corrected chi connectivity index (χ3v) is 4.26. The van der Waals surface area contributed by atoms with Gasteiger partial charge in [0.15, 0.2) is 0 Å². The molecule has 0 aliphatic carbocycles. The molecule has 5 heteroatoms. The number of amides is 1. The van der Waals surface area contributed by atoms with E-state index in [1.54, 1.807) is 0 Å². The number of hydrogen-bond donors (Lipinski definition) is 2. The number of ether oxygens (including phenoxy) is 1. The molecule has 0 radical (unpaired) electrons. The molecule has 2 unspecified atom stereocenters. The summed E-state index contributed by atoms with van der Waals surface area (Å²) < 4.78 is 6.58. The van der Waals surface area contributed by atoms with Gasteiger partial charge in [-0.2, -0.15) is 0 Å². The molecule has 3 N–H and O–H groups in total. The molecule has 0 heterocycles. The highest BCUT2D eigenvalue weighted by Gasteiger charge is 2.17. The molecule has 2 atom stereocenters. The standard InChI is InChI=1S/C18H21BrN2O2/c1-12(13(2)20)18(22)21-15-8-9-17(16(19)10-15)23-11-14-6-4-3-5-7-14/h3-10,12-13H,11,20H2,1-2H3,(H,21,22). The van der Waals surface area contributed by atoms with Crippen LogP contribution in [-0.4, -0.2) is 11.9 Å². The highest BCUT2D eigenvalue weighted by Crippen LogP contribution is 2.29. The number of nitrogens with two attached hydrogens (primary N) is 1. The van der Waals surface area contributed by atoms with E-state index < -0.39 is 0 Å². The van der Waals surface area contributed by atoms with Crippen molar-refractivity contribution in [2.45, 2.75) is 26.5 Å². The van der Waals surface area contributed by atoms with Crippen molar-refractivity contribution in [2.75, 3.05) is 5.32 Å². The van der Waals surface area contributed by atoms with E-state index in [1.807, 2.05) is 62.4 Å². The molecule has 0 fully saturated rings. The highest BCUT2D eigenvalue weighted by atomic mass is 79.9. The Morgan fingerprint density at radius 3 is 2.52 bits per heavy atom. The molecule has 0 aliphatic heterocycles. The summed E-state index contributed by atoms with van der Waals surface area (Å²) >= 11 is 3.48. The van der Waals surface area contributed by atoms with E-state index in [2.05, 4.69) is 21.2 Å². The maximum absolute atomic E-state index is 12.0. The third kappa shape index (κ3) is 5.08. The smallest absolute Gasteiger partial charge is 0.228 e. The molecule has 0 saturated heterocycles. The Labute approximate surface area is 145 Å². The lowest BCUT2D eigenvalue weighted by Crippen LogP contribution is -2.34. The molecule has 2 aromatic carbocycles. The van der Waals surface area contributed by atoms with E-state index in [9.17, 15) is 4.79 Å². The highest BCUT2D eigenvalue weighted by molar-refractivity contribution is 9.10. The summed E-state index contributed by atoms with van der Waals surface area (Å²) in [7, 11) is 0. The second kappa shape index (κ2) is 8.13. The Morgan fingerprint density at radius 2 is 1.91 bits per heavy atom. The lowest BCUT2D eigenvalue weighted by molar-refractivity contribution is -0.119. The average molecular weight is 377 g/mol. The summed E-state index contributed by atoms with van der Waals surface area (Å²) in [6.07, 6.45) is 0. The van der Waals surface area contributed by atoms with Crippen molar-refractivity contribution < 1.29 is 9.53 Å². The molecule has 1 amide bonds. The Hall–Kier alpha value is -1.85. The zero-order valence-electron chi connectivity index (χ0n) is 13.3. The van der Waals surface area contributed by atoms with Crippen LogP contribution in [0.25, 0.3) is 0 Å². The number of halogens is 1. The van der Waals surface area contributed by atoms with Crippen LogP contribution in [-0.2, 0) is 11.4 Å². The Balaban J connectivity index is 1.99. The van der Waals surface area contributed by atoms with Gasteiger partial charge in [-0.1, -0.05) is 37.3 Å². The normalized spacial score (nSPS) is 13.2. The van der Waals surface area contributed by atoms with Gasteiger partial charge in [0.2, 0.25) is 5.91 Å². The van der Waals surface area contributed by atoms with E-state index in [1.165, 1.54) is 0 Å². The zero-order chi connectivity index (χ0) is 16.8. The van der Waals surface area contributed by atoms with Crippen molar-refractivity contribution in [1.82, 2.24) is 0 Å². The number of nitrogens with one attached hydrogen (secondary N) is 1. The van der Waals surface area contributed by atoms with Gasteiger partial charge in [-0.05, 0) is 46.6 Å². The summed E-state index contributed by atoms with van der Waals surface area (Å²) in [6.45, 7) is 4.12. The SMILES string of the molecule is CC(N)C(C)C(=O)Nc1ccc(OCc2ccccc2)c(Br)c1. The van der Waals surface area contributed by atoms with Gasteiger partial charge in [-0.15, -0.1) is 0 Å². The lowest BCUT2D eigenvalue weighted by Gasteiger charge is -2.16. The average Bonchev–Trinajstić information content (AvgIpc) is 2.54. The van der Waals surface area contributed by atoms with Gasteiger partial charge in [0, 0.05) is 11.7 Å². The number of benzene rings is 2. The van der Waals surface area contributed by atoms with Crippen LogP contribution in [0.4, 0.5) is 5.69 Å². The lowest BCUT2D eigenvalue weighted by atomic mass is 10.0. The zero-order valence-corrected chi connectivity index (χ0v) is 14.8. The number of hydrogen-bond acceptors (Lipinski definition) is 3. The summed E-state index contributed by atoms with van der Waals surface area (Å²) in [5.41, 5.74) is 7.56. The summed E-state index contributed by atoms with van der Waals surface area (Å²) in [4.78, 5) is 12.0. The minimum atomic E-state index is -0.247. The number of anilines is 1. The fourth-order valence-electron chi connectivity index (χ4n) is 1.93. The Kier molecular flexibility index (Phi) is 6.19. The van der Waals surface area contributed by atoms with Crippen molar-refractivity contribution in [1.29, 1.82) is 0 Å². The van der Waals surface area contributed by atoms with E-state index in [-0.39, 0.29) is 17.9 Å². The first-order valence-electron chi connectivity index (χ1n) is 7.50. The topological polar surface area (TPSA) is 64.4 Å². The van der Waals surface area contributed by atoms with Crippen LogP contribution in [0.3, 0.4) is 0 Å². The van der Waals surface area contributed by atoms with E-state index in [0.717, 1.165) is 15.8 Å². The van der Waals surface area contributed by atoms with Crippen LogP contribution in [0, 0.1) is 5.92 Å². The Morgan fingerprint density at radius 1 is 1.22 bits per heavy atom. The molecule has 4 nitrogen and oxygen atoms in total. The molecule has 23 heavy (non-hydrogen) atoms. The maximum Gasteiger partial charge on any atom is 0.228 e. The molecule has 0 saturated carbocycles. The van der Waals surface area contributed by atoms with Crippen LogP contribution in [0.2, 0.25) is 0 Å². The van der Waals surface area contributed by atoms with Gasteiger partial charge in [-0.25, -0.2) is 0 Å². The van der Waals surface area contributed by atoms with Crippen LogP contribution in [0.1, 0.15) is 19.4 Å². The number of rotatable bonds is 6. The van der Waals surface area contributed by atoms with Crippen molar-refractivity contribution in [3.05, 3.63) is 58.6 Å². The van der Waals surface area contributed by atoms with Crippen molar-refractivity contribution in [3.63, 3.8) is 0 Å². The molecule has 0 spiro atoms. The van der Waals surface area contributed by atoms with Crippen LogP contribution >= 0.6 is 15.9 Å². The van der Waals surface area contributed by atoms with Crippen LogP contribution in [0.5, 0.6) is 5.75 Å². The minimum Gasteiger partial charge on any atom is -0.488 e. The number of carbonyl (C=O) groups is 1. The maximum atomic E-state index is 12.0. The summed E-state index contributed by atoms with van der Waals surface area (Å²) in [5, 5.41) is 2.86. The molecule has 0 aromatic heterocycles. The van der Waals surface area contributed by atoms with Gasteiger partial charge in [-0.3, -0.25) is 4.79 Å². The Bertz CT molecular complexity index is 659. The molecule has 0 bridgehead atoms. The second-order valence-electron chi connectivity index (χ2n) is 5.56. The third-order valence-electron chi connectivity index (χ3n) is 3.64.